The first-order chi connectivity index (χ1) is 5.54. The van der Waals surface area contributed by atoms with E-state index in [4.69, 9.17) is 23.2 Å². The first-order valence-corrected chi connectivity index (χ1v) is 3.90. The first kappa shape index (κ1) is 9.35. The van der Waals surface area contributed by atoms with E-state index in [9.17, 15) is 4.79 Å². The highest BCUT2D eigenvalue weighted by Gasteiger charge is 2.10. The molecule has 0 atom stereocenters. The van der Waals surface area contributed by atoms with Gasteiger partial charge in [0, 0.05) is 14.1 Å². The van der Waals surface area contributed by atoms with Crippen molar-refractivity contribution in [2.24, 2.45) is 0 Å². The van der Waals surface area contributed by atoms with Gasteiger partial charge >= 0.3 is 0 Å². The van der Waals surface area contributed by atoms with Gasteiger partial charge in [-0.3, -0.25) is 4.79 Å². The summed E-state index contributed by atoms with van der Waals surface area (Å²) in [5.41, 5.74) is -0.479. The molecule has 0 fully saturated rings. The third-order valence-electron chi connectivity index (χ3n) is 1.28. The number of H-pyrrole nitrogens is 1. The molecule has 0 bridgehead atoms. The summed E-state index contributed by atoms with van der Waals surface area (Å²) in [6, 6.07) is 0. The lowest BCUT2D eigenvalue weighted by atomic mass is 10.5. The van der Waals surface area contributed by atoms with Crippen LogP contribution >= 0.6 is 23.2 Å². The lowest BCUT2D eigenvalue weighted by Gasteiger charge is -2.11. The van der Waals surface area contributed by atoms with E-state index in [0.29, 0.717) is 5.82 Å². The summed E-state index contributed by atoms with van der Waals surface area (Å²) in [5, 5.41) is 6.08. The van der Waals surface area contributed by atoms with Crippen LogP contribution in [-0.2, 0) is 0 Å². The summed E-state index contributed by atoms with van der Waals surface area (Å²) in [5.74, 6) is 0.446. The maximum absolute atomic E-state index is 10.9. The molecule has 1 N–H and O–H groups in total. The van der Waals surface area contributed by atoms with Crippen molar-refractivity contribution in [1.29, 1.82) is 0 Å². The van der Waals surface area contributed by atoms with Gasteiger partial charge in [-0.25, -0.2) is 5.10 Å². The Balaban J connectivity index is 3.36. The van der Waals surface area contributed by atoms with Gasteiger partial charge in [0.2, 0.25) is 0 Å². The summed E-state index contributed by atoms with van der Waals surface area (Å²) < 4.78 is 0. The van der Waals surface area contributed by atoms with Gasteiger partial charge in [-0.2, -0.15) is 5.10 Å². The Morgan fingerprint density at radius 2 is 1.92 bits per heavy atom. The highest BCUT2D eigenvalue weighted by Crippen LogP contribution is 2.25. The molecular formula is C6H7Cl2N3O. The Bertz CT molecular complexity index is 347. The second-order valence-corrected chi connectivity index (χ2v) is 3.15. The predicted octanol–water partition coefficient (Wildman–Crippen LogP) is 1.14. The van der Waals surface area contributed by atoms with Gasteiger partial charge in [-0.1, -0.05) is 23.2 Å². The molecule has 0 aliphatic rings. The molecule has 12 heavy (non-hydrogen) atoms. The third kappa shape index (κ3) is 1.54. The van der Waals surface area contributed by atoms with Crippen LogP contribution in [0.25, 0.3) is 0 Å². The van der Waals surface area contributed by atoms with E-state index < -0.39 is 5.56 Å². The Morgan fingerprint density at radius 1 is 1.33 bits per heavy atom. The van der Waals surface area contributed by atoms with Crippen molar-refractivity contribution in [2.45, 2.75) is 0 Å². The van der Waals surface area contributed by atoms with Crippen LogP contribution in [0.5, 0.6) is 0 Å². The quantitative estimate of drug-likeness (QED) is 0.752. The minimum absolute atomic E-state index is 0.0321. The molecule has 0 aromatic carbocycles. The monoisotopic (exact) mass is 207 g/mol. The normalized spacial score (nSPS) is 10.0. The molecule has 66 valence electrons. The molecule has 1 heterocycles. The average molecular weight is 208 g/mol. The van der Waals surface area contributed by atoms with E-state index in [0.717, 1.165) is 0 Å². The van der Waals surface area contributed by atoms with Crippen molar-refractivity contribution >= 4 is 29.0 Å². The number of aromatic amines is 1. The van der Waals surface area contributed by atoms with Crippen molar-refractivity contribution in [2.75, 3.05) is 19.0 Å². The van der Waals surface area contributed by atoms with E-state index in [1.54, 1.807) is 19.0 Å². The SMILES string of the molecule is CN(C)c1n[nH]c(=O)c(Cl)c1Cl. The largest absolute Gasteiger partial charge is 0.360 e. The van der Waals surface area contributed by atoms with Crippen LogP contribution in [0.15, 0.2) is 4.79 Å². The van der Waals surface area contributed by atoms with Gasteiger partial charge in [0.05, 0.1) is 0 Å². The summed E-state index contributed by atoms with van der Waals surface area (Å²) in [6.07, 6.45) is 0. The van der Waals surface area contributed by atoms with Crippen LogP contribution in [0.4, 0.5) is 5.82 Å². The molecule has 0 radical (unpaired) electrons. The summed E-state index contributed by atoms with van der Waals surface area (Å²) in [6.45, 7) is 0. The summed E-state index contributed by atoms with van der Waals surface area (Å²) in [7, 11) is 3.51. The fourth-order valence-electron chi connectivity index (χ4n) is 0.696. The zero-order valence-electron chi connectivity index (χ0n) is 6.56. The van der Waals surface area contributed by atoms with Crippen LogP contribution in [0.1, 0.15) is 0 Å². The number of nitrogens with zero attached hydrogens (tertiary/aromatic N) is 2. The van der Waals surface area contributed by atoms with E-state index in [-0.39, 0.29) is 10.0 Å². The highest BCUT2D eigenvalue weighted by molar-refractivity contribution is 6.43. The van der Waals surface area contributed by atoms with Crippen molar-refractivity contribution in [3.63, 3.8) is 0 Å². The lowest BCUT2D eigenvalue weighted by molar-refractivity contribution is 0.939. The Labute approximate surface area is 79.1 Å². The number of rotatable bonds is 1. The number of aromatic nitrogens is 2. The standard InChI is InChI=1S/C6H7Cl2N3O/c1-11(2)5-3(7)4(8)6(12)10-9-5/h1-2H3,(H,10,12). The van der Waals surface area contributed by atoms with E-state index in [1.807, 2.05) is 0 Å². The van der Waals surface area contributed by atoms with Gasteiger partial charge in [0.1, 0.15) is 10.0 Å². The van der Waals surface area contributed by atoms with Gasteiger partial charge in [0.25, 0.3) is 5.56 Å². The average Bonchev–Trinajstić information content (AvgIpc) is 2.00. The molecule has 4 nitrogen and oxygen atoms in total. The maximum atomic E-state index is 10.9. The van der Waals surface area contributed by atoms with Crippen molar-refractivity contribution < 1.29 is 0 Å². The molecule has 1 rings (SSSR count). The van der Waals surface area contributed by atoms with Gasteiger partial charge in [-0.05, 0) is 0 Å². The third-order valence-corrected chi connectivity index (χ3v) is 2.09. The number of hydrogen-bond acceptors (Lipinski definition) is 3. The molecule has 0 unspecified atom stereocenters. The van der Waals surface area contributed by atoms with E-state index >= 15 is 0 Å². The molecule has 1 aromatic rings. The molecule has 0 saturated heterocycles. The number of nitrogens with one attached hydrogen (secondary N) is 1. The minimum atomic E-state index is -0.479. The van der Waals surface area contributed by atoms with Crippen molar-refractivity contribution in [3.8, 4) is 0 Å². The van der Waals surface area contributed by atoms with Crippen LogP contribution in [-0.4, -0.2) is 24.3 Å². The molecule has 6 heteroatoms. The van der Waals surface area contributed by atoms with Crippen LogP contribution in [0, 0.1) is 0 Å². The van der Waals surface area contributed by atoms with Crippen molar-refractivity contribution in [1.82, 2.24) is 10.2 Å². The van der Waals surface area contributed by atoms with Crippen molar-refractivity contribution in [3.05, 3.63) is 20.4 Å². The second-order valence-electron chi connectivity index (χ2n) is 2.40. The van der Waals surface area contributed by atoms with Gasteiger partial charge in [0.15, 0.2) is 5.82 Å². The molecule has 0 aliphatic heterocycles. The molecule has 0 saturated carbocycles. The van der Waals surface area contributed by atoms with Crippen LogP contribution in [0.3, 0.4) is 0 Å². The predicted molar refractivity (Wildman–Crippen MR) is 49.2 cm³/mol. The van der Waals surface area contributed by atoms with E-state index in [1.165, 1.54) is 0 Å². The van der Waals surface area contributed by atoms with Crippen LogP contribution < -0.4 is 10.5 Å². The van der Waals surface area contributed by atoms with Gasteiger partial charge < -0.3 is 4.90 Å². The summed E-state index contributed by atoms with van der Waals surface area (Å²) >= 11 is 11.3. The minimum Gasteiger partial charge on any atom is -0.360 e. The second kappa shape index (κ2) is 3.33. The Morgan fingerprint density at radius 3 is 2.42 bits per heavy atom. The molecular weight excluding hydrogens is 201 g/mol. The lowest BCUT2D eigenvalue weighted by Crippen LogP contribution is -2.17. The van der Waals surface area contributed by atoms with Gasteiger partial charge in [-0.15, -0.1) is 0 Å². The fraction of sp³-hybridized carbons (Fsp3) is 0.333. The maximum Gasteiger partial charge on any atom is 0.284 e. The highest BCUT2D eigenvalue weighted by atomic mass is 35.5. The zero-order valence-corrected chi connectivity index (χ0v) is 8.07. The molecule has 0 spiro atoms. The first-order valence-electron chi connectivity index (χ1n) is 3.15. The molecule has 1 aromatic heterocycles. The molecule has 0 aliphatic carbocycles. The number of halogens is 2. The topological polar surface area (TPSA) is 49.0 Å². The Kier molecular flexibility index (Phi) is 2.59. The van der Waals surface area contributed by atoms with Crippen LogP contribution in [0.2, 0.25) is 10.0 Å². The van der Waals surface area contributed by atoms with E-state index in [2.05, 4.69) is 10.2 Å². The smallest absolute Gasteiger partial charge is 0.284 e. The zero-order chi connectivity index (χ0) is 9.30. The Hall–Kier alpha value is -0.740. The summed E-state index contributed by atoms with van der Waals surface area (Å²) in [4.78, 5) is 12.5. The fourth-order valence-corrected chi connectivity index (χ4v) is 1.12. The number of anilines is 1. The number of hydrogen-bond donors (Lipinski definition) is 1. The molecule has 0 amide bonds.